The normalized spacial score (nSPS) is 30.3. The SMILES string of the molecule is O=[N+]([O-])CC1C=CC(O)CO1. The van der Waals surface area contributed by atoms with E-state index in [0.717, 1.165) is 0 Å². The molecule has 0 fully saturated rings. The number of hydrogen-bond donors (Lipinski definition) is 1. The van der Waals surface area contributed by atoms with Gasteiger partial charge in [-0.05, 0) is 0 Å². The first-order valence-electron chi connectivity index (χ1n) is 3.28. The van der Waals surface area contributed by atoms with Crippen LogP contribution in [0.4, 0.5) is 0 Å². The van der Waals surface area contributed by atoms with Gasteiger partial charge in [0.2, 0.25) is 6.54 Å². The van der Waals surface area contributed by atoms with Gasteiger partial charge in [-0.3, -0.25) is 10.1 Å². The first-order chi connectivity index (χ1) is 5.18. The summed E-state index contributed by atoms with van der Waals surface area (Å²) in [6.07, 6.45) is 1.93. The summed E-state index contributed by atoms with van der Waals surface area (Å²) in [6.45, 7) is -0.0851. The molecule has 0 aromatic heterocycles. The van der Waals surface area contributed by atoms with Gasteiger partial charge >= 0.3 is 0 Å². The molecule has 1 heterocycles. The highest BCUT2D eigenvalue weighted by atomic mass is 16.6. The molecule has 0 spiro atoms. The van der Waals surface area contributed by atoms with E-state index in [4.69, 9.17) is 9.84 Å². The number of nitrogens with zero attached hydrogens (tertiary/aromatic N) is 1. The van der Waals surface area contributed by atoms with E-state index in [1.807, 2.05) is 0 Å². The van der Waals surface area contributed by atoms with Gasteiger partial charge in [0.25, 0.3) is 0 Å². The predicted molar refractivity (Wildman–Crippen MR) is 36.7 cm³/mol. The Bertz CT molecular complexity index is 179. The molecule has 5 heteroatoms. The molecule has 1 N–H and O–H groups in total. The second-order valence-electron chi connectivity index (χ2n) is 2.34. The molecule has 0 saturated heterocycles. The van der Waals surface area contributed by atoms with E-state index in [2.05, 4.69) is 0 Å². The smallest absolute Gasteiger partial charge is 0.233 e. The lowest BCUT2D eigenvalue weighted by atomic mass is 10.2. The van der Waals surface area contributed by atoms with Gasteiger partial charge in [0, 0.05) is 4.92 Å². The number of hydrogen-bond acceptors (Lipinski definition) is 4. The molecule has 5 nitrogen and oxygen atoms in total. The maximum atomic E-state index is 9.98. The van der Waals surface area contributed by atoms with Crippen molar-refractivity contribution in [3.63, 3.8) is 0 Å². The average molecular weight is 159 g/mol. The van der Waals surface area contributed by atoms with Crippen molar-refractivity contribution in [1.82, 2.24) is 0 Å². The molecule has 0 aliphatic carbocycles. The third kappa shape index (κ3) is 2.65. The third-order valence-electron chi connectivity index (χ3n) is 1.36. The molecular formula is C6H9NO4. The molecule has 2 atom stereocenters. The minimum atomic E-state index is -0.613. The molecule has 1 aliphatic rings. The van der Waals surface area contributed by atoms with Crippen molar-refractivity contribution < 1.29 is 14.8 Å². The Morgan fingerprint density at radius 2 is 2.45 bits per heavy atom. The van der Waals surface area contributed by atoms with Crippen LogP contribution in [-0.4, -0.2) is 35.4 Å². The summed E-state index contributed by atoms with van der Waals surface area (Å²) in [4.78, 5) is 9.54. The van der Waals surface area contributed by atoms with Crippen molar-refractivity contribution in [3.05, 3.63) is 22.3 Å². The molecule has 62 valence electrons. The highest BCUT2D eigenvalue weighted by Gasteiger charge is 2.17. The van der Waals surface area contributed by atoms with Gasteiger partial charge in [0.1, 0.15) is 6.10 Å². The zero-order valence-corrected chi connectivity index (χ0v) is 5.84. The zero-order chi connectivity index (χ0) is 8.27. The zero-order valence-electron chi connectivity index (χ0n) is 5.84. The second-order valence-corrected chi connectivity index (χ2v) is 2.34. The van der Waals surface area contributed by atoms with Crippen LogP contribution < -0.4 is 0 Å². The van der Waals surface area contributed by atoms with Gasteiger partial charge in [-0.15, -0.1) is 0 Å². The summed E-state index contributed by atoms with van der Waals surface area (Å²) in [6, 6.07) is 0. The number of aliphatic hydroxyl groups is 1. The van der Waals surface area contributed by atoms with E-state index in [1.54, 1.807) is 0 Å². The number of ether oxygens (including phenoxy) is 1. The molecule has 11 heavy (non-hydrogen) atoms. The van der Waals surface area contributed by atoms with Gasteiger partial charge in [-0.2, -0.15) is 0 Å². The Hall–Kier alpha value is -0.940. The van der Waals surface area contributed by atoms with Crippen LogP contribution in [0.2, 0.25) is 0 Å². The van der Waals surface area contributed by atoms with Crippen LogP contribution in [0.5, 0.6) is 0 Å². The Balaban J connectivity index is 2.38. The molecule has 0 aromatic rings. The lowest BCUT2D eigenvalue weighted by molar-refractivity contribution is -0.489. The molecule has 1 aliphatic heterocycles. The first kappa shape index (κ1) is 8.16. The van der Waals surface area contributed by atoms with E-state index in [0.29, 0.717) is 0 Å². The fourth-order valence-corrected chi connectivity index (χ4v) is 0.846. The van der Waals surface area contributed by atoms with Crippen LogP contribution in [0.1, 0.15) is 0 Å². The summed E-state index contributed by atoms with van der Waals surface area (Å²) < 4.78 is 4.92. The molecular weight excluding hydrogens is 150 g/mol. The van der Waals surface area contributed by atoms with Crippen LogP contribution in [0.15, 0.2) is 12.2 Å². The van der Waals surface area contributed by atoms with Crippen LogP contribution in [0.3, 0.4) is 0 Å². The Labute approximate surface area is 63.4 Å². The average Bonchev–Trinajstić information content (AvgIpc) is 1.93. The summed E-state index contributed by atoms with van der Waals surface area (Å²) in [7, 11) is 0. The Morgan fingerprint density at radius 1 is 1.73 bits per heavy atom. The van der Waals surface area contributed by atoms with Crippen molar-refractivity contribution in [2.75, 3.05) is 13.2 Å². The number of rotatable bonds is 2. The number of nitro groups is 1. The lowest BCUT2D eigenvalue weighted by Gasteiger charge is -2.17. The molecule has 0 radical (unpaired) electrons. The highest BCUT2D eigenvalue weighted by molar-refractivity contribution is 4.98. The summed E-state index contributed by atoms with van der Waals surface area (Å²) in [5.74, 6) is 0. The van der Waals surface area contributed by atoms with Gasteiger partial charge in [0.05, 0.1) is 12.7 Å². The van der Waals surface area contributed by atoms with Crippen molar-refractivity contribution in [2.45, 2.75) is 12.2 Å². The van der Waals surface area contributed by atoms with Crippen molar-refractivity contribution in [2.24, 2.45) is 0 Å². The third-order valence-corrected chi connectivity index (χ3v) is 1.36. The van der Waals surface area contributed by atoms with Gasteiger partial charge in [-0.1, -0.05) is 12.2 Å². The second kappa shape index (κ2) is 3.45. The fourth-order valence-electron chi connectivity index (χ4n) is 0.846. The molecule has 1 rings (SSSR count). The minimum Gasteiger partial charge on any atom is -0.387 e. The lowest BCUT2D eigenvalue weighted by Crippen LogP contribution is -2.29. The molecule has 0 bridgehead atoms. The maximum Gasteiger partial charge on any atom is 0.233 e. The Morgan fingerprint density at radius 3 is 2.91 bits per heavy atom. The standard InChI is InChI=1S/C6H9NO4/c8-5-1-2-6(11-4-5)3-7(9)10/h1-2,5-6,8H,3-4H2. The van der Waals surface area contributed by atoms with Crippen molar-refractivity contribution >= 4 is 0 Å². The maximum absolute atomic E-state index is 9.98. The van der Waals surface area contributed by atoms with Crippen molar-refractivity contribution in [1.29, 1.82) is 0 Å². The summed E-state index contributed by atoms with van der Waals surface area (Å²) in [5, 5.41) is 18.9. The van der Waals surface area contributed by atoms with E-state index in [1.165, 1.54) is 12.2 Å². The summed E-state index contributed by atoms with van der Waals surface area (Å²) in [5.41, 5.74) is 0. The van der Waals surface area contributed by atoms with Crippen LogP contribution in [0, 0.1) is 10.1 Å². The van der Waals surface area contributed by atoms with Gasteiger partial charge < -0.3 is 9.84 Å². The topological polar surface area (TPSA) is 72.6 Å². The fraction of sp³-hybridized carbons (Fsp3) is 0.667. The molecule has 0 aromatic carbocycles. The first-order valence-corrected chi connectivity index (χ1v) is 3.28. The van der Waals surface area contributed by atoms with Crippen LogP contribution in [0.25, 0.3) is 0 Å². The van der Waals surface area contributed by atoms with E-state index in [-0.39, 0.29) is 13.2 Å². The van der Waals surface area contributed by atoms with Crippen molar-refractivity contribution in [3.8, 4) is 0 Å². The quantitative estimate of drug-likeness (QED) is 0.337. The highest BCUT2D eigenvalue weighted by Crippen LogP contribution is 2.04. The monoisotopic (exact) mass is 159 g/mol. The minimum absolute atomic E-state index is 0.148. The Kier molecular flexibility index (Phi) is 2.56. The summed E-state index contributed by atoms with van der Waals surface area (Å²) >= 11 is 0. The van der Waals surface area contributed by atoms with Gasteiger partial charge in [-0.25, -0.2) is 0 Å². The van der Waals surface area contributed by atoms with E-state index < -0.39 is 17.1 Å². The molecule has 0 amide bonds. The van der Waals surface area contributed by atoms with E-state index in [9.17, 15) is 10.1 Å². The number of aliphatic hydroxyl groups excluding tert-OH is 1. The predicted octanol–water partition coefficient (Wildman–Crippen LogP) is -0.421. The largest absolute Gasteiger partial charge is 0.387 e. The van der Waals surface area contributed by atoms with E-state index >= 15 is 0 Å². The van der Waals surface area contributed by atoms with Crippen LogP contribution >= 0.6 is 0 Å². The van der Waals surface area contributed by atoms with Gasteiger partial charge in [0.15, 0.2) is 0 Å². The molecule has 0 saturated carbocycles. The molecule has 2 unspecified atom stereocenters. The van der Waals surface area contributed by atoms with Crippen LogP contribution in [-0.2, 0) is 4.74 Å².